The van der Waals surface area contributed by atoms with Crippen molar-refractivity contribution in [2.24, 2.45) is 17.6 Å². The summed E-state index contributed by atoms with van der Waals surface area (Å²) >= 11 is 0. The number of rotatable bonds is 11. The first-order valence-corrected chi connectivity index (χ1v) is 14.6. The zero-order chi connectivity index (χ0) is 30.5. The maximum Gasteiger partial charge on any atom is 0.416 e. The lowest BCUT2D eigenvalue weighted by molar-refractivity contribution is -0.150. The van der Waals surface area contributed by atoms with E-state index in [4.69, 9.17) is 15.9 Å². The van der Waals surface area contributed by atoms with Crippen LogP contribution in [0.5, 0.6) is 0 Å². The highest BCUT2D eigenvalue weighted by molar-refractivity contribution is 7.89. The van der Waals surface area contributed by atoms with Gasteiger partial charge in [-0.3, -0.25) is 19.8 Å². The van der Waals surface area contributed by atoms with Gasteiger partial charge in [0.1, 0.15) is 6.54 Å². The van der Waals surface area contributed by atoms with E-state index in [0.717, 1.165) is 29.9 Å². The van der Waals surface area contributed by atoms with Gasteiger partial charge in [-0.2, -0.15) is 17.9 Å². The number of alkyl halides is 3. The fourth-order valence-corrected chi connectivity index (χ4v) is 5.96. The highest BCUT2D eigenvalue weighted by atomic mass is 32.2. The zero-order valence-electron chi connectivity index (χ0n) is 22.7. The number of guanidine groups is 1. The molecule has 0 spiro atoms. The molecule has 12 nitrogen and oxygen atoms in total. The van der Waals surface area contributed by atoms with Gasteiger partial charge in [-0.05, 0) is 63.3 Å². The molecule has 1 saturated carbocycles. The minimum absolute atomic E-state index is 0.0283. The van der Waals surface area contributed by atoms with Crippen molar-refractivity contribution in [1.82, 2.24) is 19.8 Å². The second kappa shape index (κ2) is 13.1. The minimum atomic E-state index is -4.65. The number of sulfonamides is 1. The Morgan fingerprint density at radius 3 is 2.49 bits per heavy atom. The summed E-state index contributed by atoms with van der Waals surface area (Å²) in [6.45, 7) is 3.92. The third kappa shape index (κ3) is 8.55. The fraction of sp³-hybridized carbons (Fsp3) is 0.600. The normalized spacial score (nSPS) is 21.5. The first-order valence-electron chi connectivity index (χ1n) is 13.2. The Morgan fingerprint density at radius 1 is 1.24 bits per heavy atom. The van der Waals surface area contributed by atoms with Gasteiger partial charge < -0.3 is 25.6 Å². The van der Waals surface area contributed by atoms with E-state index in [1.165, 1.54) is 6.92 Å². The molecule has 0 radical (unpaired) electrons. The standard InChI is InChI=1S/C25H35F3N6O6S/c1-3-40-21(35)14-34(20-11-19(20)22(36)31-12-16-5-4-10-33(13-16)24(29)30)23(37)15(2)32-41(38,39)18-8-6-17(7-9-18)25(26,27)28/h6-9,15-16,19-20,32H,3-5,10-14H2,1-2H3,(H3,29,30)(H,31,36)/t15?,16-,19?,20-/m0/s1. The lowest BCUT2D eigenvalue weighted by atomic mass is 9.98. The van der Waals surface area contributed by atoms with Crippen LogP contribution in [0.3, 0.4) is 0 Å². The molecule has 2 amide bonds. The molecule has 228 valence electrons. The molecule has 16 heteroatoms. The molecular formula is C25H35F3N6O6S. The van der Waals surface area contributed by atoms with Crippen LogP contribution in [-0.4, -0.2) is 86.8 Å². The van der Waals surface area contributed by atoms with Gasteiger partial charge in [0.05, 0.1) is 29.0 Å². The molecule has 1 aromatic rings. The molecular weight excluding hydrogens is 569 g/mol. The topological polar surface area (TPSA) is 175 Å². The molecule has 5 N–H and O–H groups in total. The smallest absolute Gasteiger partial charge is 0.416 e. The van der Waals surface area contributed by atoms with Crippen LogP contribution in [0.15, 0.2) is 29.2 Å². The van der Waals surface area contributed by atoms with Crippen LogP contribution in [0.1, 0.15) is 38.7 Å². The number of halogens is 3. The first kappa shape index (κ1) is 32.1. The van der Waals surface area contributed by atoms with Crippen molar-refractivity contribution >= 4 is 33.8 Å². The Bertz CT molecular complexity index is 1240. The van der Waals surface area contributed by atoms with Crippen molar-refractivity contribution in [1.29, 1.82) is 5.41 Å². The van der Waals surface area contributed by atoms with Gasteiger partial charge >= 0.3 is 12.1 Å². The van der Waals surface area contributed by atoms with Crippen molar-refractivity contribution in [3.05, 3.63) is 29.8 Å². The van der Waals surface area contributed by atoms with Crippen molar-refractivity contribution < 1.29 is 40.7 Å². The van der Waals surface area contributed by atoms with Gasteiger partial charge in [0.2, 0.25) is 21.8 Å². The van der Waals surface area contributed by atoms with Crippen LogP contribution < -0.4 is 15.8 Å². The number of nitrogens with two attached hydrogens (primary N) is 1. The van der Waals surface area contributed by atoms with Crippen LogP contribution in [0, 0.1) is 17.2 Å². The molecule has 1 heterocycles. The van der Waals surface area contributed by atoms with Crippen molar-refractivity contribution in [3.8, 4) is 0 Å². The van der Waals surface area contributed by atoms with E-state index in [1.807, 2.05) is 0 Å². The number of carbonyl (C=O) groups excluding carboxylic acids is 3. The van der Waals surface area contributed by atoms with Crippen LogP contribution in [0.2, 0.25) is 0 Å². The lowest BCUT2D eigenvalue weighted by Crippen LogP contribution is -2.50. The average molecular weight is 605 g/mol. The summed E-state index contributed by atoms with van der Waals surface area (Å²) in [5.74, 6) is -2.42. The monoisotopic (exact) mass is 604 g/mol. The maximum atomic E-state index is 13.3. The molecule has 0 bridgehead atoms. The van der Waals surface area contributed by atoms with Gasteiger partial charge in [0.25, 0.3) is 0 Å². The Hall–Kier alpha value is -3.40. The van der Waals surface area contributed by atoms with E-state index in [2.05, 4.69) is 10.0 Å². The predicted octanol–water partition coefficient (Wildman–Crippen LogP) is 0.874. The number of likely N-dealkylation sites (tertiary alicyclic amines) is 1. The summed E-state index contributed by atoms with van der Waals surface area (Å²) in [5.41, 5.74) is 4.54. The minimum Gasteiger partial charge on any atom is -0.465 e. The number of amides is 2. The van der Waals surface area contributed by atoms with Gasteiger partial charge in [-0.1, -0.05) is 0 Å². The second-order valence-corrected chi connectivity index (χ2v) is 11.8. The number of hydrogen-bond donors (Lipinski definition) is 4. The zero-order valence-corrected chi connectivity index (χ0v) is 23.6. The van der Waals surface area contributed by atoms with Crippen LogP contribution in [-0.2, 0) is 35.3 Å². The van der Waals surface area contributed by atoms with Crippen molar-refractivity contribution in [2.75, 3.05) is 32.8 Å². The van der Waals surface area contributed by atoms with E-state index in [0.29, 0.717) is 31.8 Å². The molecule has 41 heavy (non-hydrogen) atoms. The molecule has 2 aliphatic rings. The number of esters is 1. The number of hydrogen-bond acceptors (Lipinski definition) is 7. The largest absolute Gasteiger partial charge is 0.465 e. The Labute approximate surface area is 236 Å². The molecule has 1 aliphatic carbocycles. The third-order valence-corrected chi connectivity index (χ3v) is 8.56. The van der Waals surface area contributed by atoms with E-state index < -0.39 is 63.1 Å². The summed E-state index contributed by atoms with van der Waals surface area (Å²) in [5, 5.41) is 10.5. The molecule has 1 aliphatic heterocycles. The quantitative estimate of drug-likeness (QED) is 0.164. The molecule has 2 unspecified atom stereocenters. The SMILES string of the molecule is CCOC(=O)CN(C(=O)C(C)NS(=O)(=O)c1ccc(C(F)(F)F)cc1)[C@H]1CC1C(=O)NC[C@@H]1CCCN(C(=N)N)C1. The predicted molar refractivity (Wildman–Crippen MR) is 141 cm³/mol. The first-order chi connectivity index (χ1) is 19.1. The third-order valence-electron chi connectivity index (χ3n) is 7.00. The number of nitrogens with zero attached hydrogens (tertiary/aromatic N) is 2. The van der Waals surface area contributed by atoms with E-state index in [1.54, 1.807) is 11.8 Å². The molecule has 4 atom stereocenters. The number of carbonyl (C=O) groups is 3. The summed E-state index contributed by atoms with van der Waals surface area (Å²) in [6, 6.07) is 0.717. The van der Waals surface area contributed by atoms with Gasteiger partial charge in [0.15, 0.2) is 5.96 Å². The van der Waals surface area contributed by atoms with Crippen molar-refractivity contribution in [3.63, 3.8) is 0 Å². The highest BCUT2D eigenvalue weighted by Gasteiger charge is 2.50. The highest BCUT2D eigenvalue weighted by Crippen LogP contribution is 2.37. The summed E-state index contributed by atoms with van der Waals surface area (Å²) in [4.78, 5) is 40.8. The average Bonchev–Trinajstić information content (AvgIpc) is 3.70. The second-order valence-electron chi connectivity index (χ2n) is 10.1. The van der Waals surface area contributed by atoms with Gasteiger partial charge in [-0.25, -0.2) is 8.42 Å². The Kier molecular flexibility index (Phi) is 10.2. The number of benzene rings is 1. The van der Waals surface area contributed by atoms with E-state index >= 15 is 0 Å². The maximum absolute atomic E-state index is 13.3. The Balaban J connectivity index is 1.65. The van der Waals surface area contributed by atoms with Crippen LogP contribution >= 0.6 is 0 Å². The fourth-order valence-electron chi connectivity index (χ4n) is 4.76. The molecule has 0 aromatic heterocycles. The number of ether oxygens (including phenoxy) is 1. The molecule has 2 fully saturated rings. The number of nitrogens with one attached hydrogen (secondary N) is 3. The number of piperidine rings is 1. The molecule has 3 rings (SSSR count). The summed E-state index contributed by atoms with van der Waals surface area (Å²) in [7, 11) is -4.39. The molecule has 1 saturated heterocycles. The van der Waals surface area contributed by atoms with Crippen LogP contribution in [0.4, 0.5) is 13.2 Å². The van der Waals surface area contributed by atoms with E-state index in [9.17, 15) is 36.0 Å². The van der Waals surface area contributed by atoms with E-state index in [-0.39, 0.29) is 30.8 Å². The molecule has 1 aromatic carbocycles. The van der Waals surface area contributed by atoms with Gasteiger partial charge in [0, 0.05) is 25.7 Å². The summed E-state index contributed by atoms with van der Waals surface area (Å²) in [6.07, 6.45) is -2.72. The summed E-state index contributed by atoms with van der Waals surface area (Å²) < 4.78 is 71.2. The lowest BCUT2D eigenvalue weighted by Gasteiger charge is -2.33. The Morgan fingerprint density at radius 2 is 1.90 bits per heavy atom. The van der Waals surface area contributed by atoms with Gasteiger partial charge in [-0.15, -0.1) is 0 Å². The van der Waals surface area contributed by atoms with Crippen molar-refractivity contribution in [2.45, 2.75) is 56.3 Å². The van der Waals surface area contributed by atoms with Crippen LogP contribution in [0.25, 0.3) is 0 Å².